The molecule has 2 heterocycles. The van der Waals surface area contributed by atoms with Crippen LogP contribution in [0.3, 0.4) is 0 Å². The van der Waals surface area contributed by atoms with Crippen molar-refractivity contribution >= 4 is 23.4 Å². The number of hydrogen-bond acceptors (Lipinski definition) is 6. The van der Waals surface area contributed by atoms with Crippen molar-refractivity contribution in [1.29, 1.82) is 0 Å². The van der Waals surface area contributed by atoms with Crippen molar-refractivity contribution in [2.45, 2.75) is 25.5 Å². The molecule has 0 saturated carbocycles. The molecule has 0 aliphatic rings. The molecule has 4 aromatic rings. The first-order valence-electron chi connectivity index (χ1n) is 10.1. The molecule has 0 aliphatic heterocycles. The standard InChI is InChI=1S/C24H24N4O3S/c1-16-10-11-18(13-17(16)2)25-22(29)15-32-24-27-26-23(20-8-4-5-9-21(20)30-3)28(24)14-19-7-6-12-31-19/h4-13H,14-15H2,1-3H3,(H,25,29). The molecule has 8 heteroatoms. The van der Waals surface area contributed by atoms with Gasteiger partial charge < -0.3 is 14.5 Å². The van der Waals surface area contributed by atoms with E-state index in [2.05, 4.69) is 15.5 Å². The number of aromatic nitrogens is 3. The van der Waals surface area contributed by atoms with Gasteiger partial charge in [0.05, 0.1) is 31.2 Å². The van der Waals surface area contributed by atoms with Gasteiger partial charge in [-0.15, -0.1) is 10.2 Å². The third kappa shape index (κ3) is 4.86. The number of carbonyl (C=O) groups excluding carboxylic acids is 1. The van der Waals surface area contributed by atoms with Gasteiger partial charge in [0, 0.05) is 5.69 Å². The van der Waals surface area contributed by atoms with Crippen molar-refractivity contribution in [2.75, 3.05) is 18.2 Å². The van der Waals surface area contributed by atoms with E-state index in [1.54, 1.807) is 13.4 Å². The van der Waals surface area contributed by atoms with Gasteiger partial charge in [0.2, 0.25) is 5.91 Å². The smallest absolute Gasteiger partial charge is 0.234 e. The van der Waals surface area contributed by atoms with Crippen LogP contribution < -0.4 is 10.1 Å². The Labute approximate surface area is 190 Å². The summed E-state index contributed by atoms with van der Waals surface area (Å²) in [5.41, 5.74) is 3.92. The zero-order valence-corrected chi connectivity index (χ0v) is 19.0. The number of amides is 1. The van der Waals surface area contributed by atoms with Gasteiger partial charge in [-0.3, -0.25) is 9.36 Å². The van der Waals surface area contributed by atoms with E-state index >= 15 is 0 Å². The summed E-state index contributed by atoms with van der Waals surface area (Å²) >= 11 is 1.33. The summed E-state index contributed by atoms with van der Waals surface area (Å²) < 4.78 is 13.0. The minimum atomic E-state index is -0.107. The van der Waals surface area contributed by atoms with Crippen LogP contribution in [-0.2, 0) is 11.3 Å². The number of thioether (sulfide) groups is 1. The average molecular weight is 449 g/mol. The Balaban J connectivity index is 1.56. The van der Waals surface area contributed by atoms with Crippen LogP contribution in [0.2, 0.25) is 0 Å². The topological polar surface area (TPSA) is 82.2 Å². The molecular weight excluding hydrogens is 424 g/mol. The maximum absolute atomic E-state index is 12.6. The van der Waals surface area contributed by atoms with E-state index in [0.717, 1.165) is 22.6 Å². The normalized spacial score (nSPS) is 10.8. The SMILES string of the molecule is COc1ccccc1-c1nnc(SCC(=O)Nc2ccc(C)c(C)c2)n1Cc1ccco1. The van der Waals surface area contributed by atoms with E-state index in [0.29, 0.717) is 23.3 Å². The van der Waals surface area contributed by atoms with Crippen LogP contribution in [0, 0.1) is 13.8 Å². The molecule has 2 aromatic heterocycles. The van der Waals surface area contributed by atoms with Gasteiger partial charge >= 0.3 is 0 Å². The van der Waals surface area contributed by atoms with E-state index < -0.39 is 0 Å². The zero-order chi connectivity index (χ0) is 22.5. The van der Waals surface area contributed by atoms with Gasteiger partial charge in [-0.1, -0.05) is 30.0 Å². The zero-order valence-electron chi connectivity index (χ0n) is 18.2. The lowest BCUT2D eigenvalue weighted by Crippen LogP contribution is -2.15. The Morgan fingerprint density at radius 2 is 1.94 bits per heavy atom. The largest absolute Gasteiger partial charge is 0.496 e. The number of carbonyl (C=O) groups is 1. The van der Waals surface area contributed by atoms with E-state index in [4.69, 9.17) is 9.15 Å². The molecule has 2 aromatic carbocycles. The predicted molar refractivity (Wildman–Crippen MR) is 125 cm³/mol. The van der Waals surface area contributed by atoms with Crippen molar-refractivity contribution in [2.24, 2.45) is 0 Å². The van der Waals surface area contributed by atoms with E-state index in [-0.39, 0.29) is 11.7 Å². The van der Waals surface area contributed by atoms with Gasteiger partial charge in [0.25, 0.3) is 0 Å². The van der Waals surface area contributed by atoms with Gasteiger partial charge in [0.15, 0.2) is 11.0 Å². The first-order valence-corrected chi connectivity index (χ1v) is 11.1. The molecule has 0 fully saturated rings. The molecule has 1 amide bonds. The number of ether oxygens (including phenoxy) is 1. The average Bonchev–Trinajstić information content (AvgIpc) is 3.45. The Kier molecular flexibility index (Phi) is 6.61. The van der Waals surface area contributed by atoms with Crippen LogP contribution in [0.4, 0.5) is 5.69 Å². The number of benzene rings is 2. The van der Waals surface area contributed by atoms with Crippen LogP contribution in [0.25, 0.3) is 11.4 Å². The fourth-order valence-corrected chi connectivity index (χ4v) is 4.01. The highest BCUT2D eigenvalue weighted by molar-refractivity contribution is 7.99. The third-order valence-corrected chi connectivity index (χ3v) is 6.05. The molecular formula is C24H24N4O3S. The van der Waals surface area contributed by atoms with Crippen molar-refractivity contribution in [3.63, 3.8) is 0 Å². The molecule has 164 valence electrons. The molecule has 0 spiro atoms. The Bertz CT molecular complexity index is 1220. The molecule has 32 heavy (non-hydrogen) atoms. The first kappa shape index (κ1) is 21.7. The number of aryl methyl sites for hydroxylation is 2. The second kappa shape index (κ2) is 9.74. The van der Waals surface area contributed by atoms with Crippen molar-refractivity contribution in [3.05, 3.63) is 77.7 Å². The maximum atomic E-state index is 12.6. The predicted octanol–water partition coefficient (Wildman–Crippen LogP) is 4.94. The molecule has 0 atom stereocenters. The highest BCUT2D eigenvalue weighted by atomic mass is 32.2. The molecule has 4 rings (SSSR count). The lowest BCUT2D eigenvalue weighted by atomic mass is 10.1. The molecule has 0 bridgehead atoms. The molecule has 1 N–H and O–H groups in total. The lowest BCUT2D eigenvalue weighted by Gasteiger charge is -2.11. The number of nitrogens with one attached hydrogen (secondary N) is 1. The molecule has 0 radical (unpaired) electrons. The van der Waals surface area contributed by atoms with Gasteiger partial charge in [-0.25, -0.2) is 0 Å². The summed E-state index contributed by atoms with van der Waals surface area (Å²) in [6, 6.07) is 17.3. The van der Waals surface area contributed by atoms with Crippen molar-refractivity contribution < 1.29 is 13.9 Å². The Hall–Kier alpha value is -3.52. The van der Waals surface area contributed by atoms with Crippen molar-refractivity contribution in [1.82, 2.24) is 14.8 Å². The summed E-state index contributed by atoms with van der Waals surface area (Å²) in [6.45, 7) is 4.51. The van der Waals surface area contributed by atoms with Gasteiger partial charge in [-0.2, -0.15) is 0 Å². The summed E-state index contributed by atoms with van der Waals surface area (Å²) in [7, 11) is 1.62. The number of rotatable bonds is 8. The van der Waals surface area contributed by atoms with E-state index in [1.807, 2.05) is 73.0 Å². The first-order chi connectivity index (χ1) is 15.5. The van der Waals surface area contributed by atoms with Crippen LogP contribution >= 0.6 is 11.8 Å². The van der Waals surface area contributed by atoms with Gasteiger partial charge in [-0.05, 0) is 61.4 Å². The van der Waals surface area contributed by atoms with Gasteiger partial charge in [0.1, 0.15) is 11.5 Å². The van der Waals surface area contributed by atoms with Crippen LogP contribution in [-0.4, -0.2) is 33.5 Å². The quantitative estimate of drug-likeness (QED) is 0.384. The Morgan fingerprint density at radius 3 is 2.69 bits per heavy atom. The second-order valence-corrected chi connectivity index (χ2v) is 8.25. The van der Waals surface area contributed by atoms with Crippen LogP contribution in [0.15, 0.2) is 70.4 Å². The highest BCUT2D eigenvalue weighted by Gasteiger charge is 2.19. The molecule has 0 saturated heterocycles. The second-order valence-electron chi connectivity index (χ2n) is 7.31. The monoisotopic (exact) mass is 448 g/mol. The summed E-state index contributed by atoms with van der Waals surface area (Å²) in [5, 5.41) is 12.3. The number of methoxy groups -OCH3 is 1. The minimum Gasteiger partial charge on any atom is -0.496 e. The summed E-state index contributed by atoms with van der Waals surface area (Å²) in [4.78, 5) is 12.6. The summed E-state index contributed by atoms with van der Waals surface area (Å²) in [5.74, 6) is 2.21. The van der Waals surface area contributed by atoms with Crippen LogP contribution in [0.5, 0.6) is 5.75 Å². The number of nitrogens with zero attached hydrogens (tertiary/aromatic N) is 3. The van der Waals surface area contributed by atoms with E-state index in [9.17, 15) is 4.79 Å². The molecule has 0 unspecified atom stereocenters. The fourth-order valence-electron chi connectivity index (χ4n) is 3.27. The molecule has 0 aliphatic carbocycles. The Morgan fingerprint density at radius 1 is 1.09 bits per heavy atom. The molecule has 7 nitrogen and oxygen atoms in total. The highest BCUT2D eigenvalue weighted by Crippen LogP contribution is 2.31. The maximum Gasteiger partial charge on any atom is 0.234 e. The number of anilines is 1. The lowest BCUT2D eigenvalue weighted by molar-refractivity contribution is -0.113. The van der Waals surface area contributed by atoms with Crippen molar-refractivity contribution in [3.8, 4) is 17.1 Å². The minimum absolute atomic E-state index is 0.107. The fraction of sp³-hybridized carbons (Fsp3) is 0.208. The number of para-hydroxylation sites is 1. The number of hydrogen-bond donors (Lipinski definition) is 1. The third-order valence-electron chi connectivity index (χ3n) is 5.08. The summed E-state index contributed by atoms with van der Waals surface area (Å²) in [6.07, 6.45) is 1.63. The van der Waals surface area contributed by atoms with E-state index in [1.165, 1.54) is 17.3 Å². The van der Waals surface area contributed by atoms with Crippen LogP contribution in [0.1, 0.15) is 16.9 Å². The number of furan rings is 1.